The Labute approximate surface area is 67.3 Å². The van der Waals surface area contributed by atoms with E-state index in [1.807, 2.05) is 14.0 Å². The van der Waals surface area contributed by atoms with Crippen LogP contribution in [0.4, 0.5) is 0 Å². The van der Waals surface area contributed by atoms with E-state index in [1.54, 1.807) is 0 Å². The van der Waals surface area contributed by atoms with Crippen LogP contribution in [0, 0.1) is 0 Å². The zero-order valence-electron chi connectivity index (χ0n) is 7.23. The van der Waals surface area contributed by atoms with Gasteiger partial charge in [-0.25, -0.2) is 0 Å². The van der Waals surface area contributed by atoms with Gasteiger partial charge in [-0.15, -0.1) is 0 Å². The molecule has 0 aliphatic carbocycles. The summed E-state index contributed by atoms with van der Waals surface area (Å²) in [6.45, 7) is 4.11. The van der Waals surface area contributed by atoms with Gasteiger partial charge in [-0.2, -0.15) is 0 Å². The summed E-state index contributed by atoms with van der Waals surface area (Å²) in [5, 5.41) is 6.23. The maximum absolute atomic E-state index is 5.78. The monoisotopic (exact) mass is 153 g/mol. The minimum Gasteiger partial charge on any atom is -0.396 e. The quantitative estimate of drug-likeness (QED) is 0.507. The molecule has 3 nitrogen and oxygen atoms in total. The molecular weight excluding hydrogens is 138 g/mol. The Morgan fingerprint density at radius 1 is 1.64 bits per heavy atom. The van der Waals surface area contributed by atoms with Gasteiger partial charge in [-0.1, -0.05) is 6.08 Å². The smallest absolute Gasteiger partial charge is 0.123 e. The van der Waals surface area contributed by atoms with Crippen molar-refractivity contribution in [1.29, 1.82) is 0 Å². The van der Waals surface area contributed by atoms with Crippen molar-refractivity contribution in [2.45, 2.75) is 19.9 Å². The van der Waals surface area contributed by atoms with Crippen molar-refractivity contribution in [3.8, 4) is 0 Å². The molecule has 1 aliphatic rings. The number of nitrogens with two attached hydrogens (primary N) is 1. The van der Waals surface area contributed by atoms with Gasteiger partial charge in [-0.3, -0.25) is 0 Å². The van der Waals surface area contributed by atoms with E-state index in [4.69, 9.17) is 5.73 Å². The highest BCUT2D eigenvalue weighted by Crippen LogP contribution is 2.11. The lowest BCUT2D eigenvalue weighted by Gasteiger charge is -2.23. The van der Waals surface area contributed by atoms with Crippen LogP contribution in [0.2, 0.25) is 0 Å². The molecule has 1 aliphatic heterocycles. The van der Waals surface area contributed by atoms with Gasteiger partial charge in [0.15, 0.2) is 0 Å². The van der Waals surface area contributed by atoms with E-state index in [0.717, 1.165) is 17.1 Å². The van der Waals surface area contributed by atoms with E-state index in [2.05, 4.69) is 23.6 Å². The van der Waals surface area contributed by atoms with Crippen LogP contribution >= 0.6 is 0 Å². The molecule has 0 saturated carbocycles. The van der Waals surface area contributed by atoms with Crippen molar-refractivity contribution < 1.29 is 0 Å². The summed E-state index contributed by atoms with van der Waals surface area (Å²) >= 11 is 0. The fourth-order valence-electron chi connectivity index (χ4n) is 1.22. The molecule has 0 aromatic rings. The van der Waals surface area contributed by atoms with Gasteiger partial charge in [0.1, 0.15) is 5.82 Å². The van der Waals surface area contributed by atoms with Crippen LogP contribution in [-0.2, 0) is 0 Å². The Bertz CT molecular complexity index is 215. The summed E-state index contributed by atoms with van der Waals surface area (Å²) in [7, 11) is 1.86. The molecule has 0 aromatic heterocycles. The average molecular weight is 153 g/mol. The minimum absolute atomic E-state index is 0.366. The van der Waals surface area contributed by atoms with Crippen molar-refractivity contribution in [3.63, 3.8) is 0 Å². The third-order valence-corrected chi connectivity index (χ3v) is 1.82. The molecule has 11 heavy (non-hydrogen) atoms. The summed E-state index contributed by atoms with van der Waals surface area (Å²) in [6, 6.07) is 0.366. The van der Waals surface area contributed by atoms with E-state index >= 15 is 0 Å². The van der Waals surface area contributed by atoms with E-state index in [1.165, 1.54) is 0 Å². The summed E-state index contributed by atoms with van der Waals surface area (Å²) < 4.78 is 0. The molecule has 1 rings (SSSR count). The molecule has 4 N–H and O–H groups in total. The van der Waals surface area contributed by atoms with Gasteiger partial charge >= 0.3 is 0 Å². The van der Waals surface area contributed by atoms with Crippen LogP contribution in [-0.4, -0.2) is 13.1 Å². The van der Waals surface area contributed by atoms with Gasteiger partial charge in [-0.05, 0) is 19.4 Å². The Kier molecular flexibility index (Phi) is 2.08. The first-order valence-corrected chi connectivity index (χ1v) is 3.78. The zero-order chi connectivity index (χ0) is 8.43. The predicted molar refractivity (Wildman–Crippen MR) is 46.6 cm³/mol. The largest absolute Gasteiger partial charge is 0.396 e. The maximum Gasteiger partial charge on any atom is 0.123 e. The van der Waals surface area contributed by atoms with Crippen molar-refractivity contribution in [3.05, 3.63) is 23.2 Å². The maximum atomic E-state index is 5.78. The van der Waals surface area contributed by atoms with Gasteiger partial charge in [0.2, 0.25) is 0 Å². The molecular formula is C8H15N3. The first kappa shape index (κ1) is 7.98. The van der Waals surface area contributed by atoms with Gasteiger partial charge < -0.3 is 16.4 Å². The normalized spacial score (nSPS) is 24.3. The molecule has 0 spiro atoms. The molecule has 0 aromatic carbocycles. The highest BCUT2D eigenvalue weighted by atomic mass is 15.1. The molecule has 1 heterocycles. The molecule has 1 unspecified atom stereocenters. The average Bonchev–Trinajstić information content (AvgIpc) is 1.96. The topological polar surface area (TPSA) is 50.1 Å². The second kappa shape index (κ2) is 2.86. The lowest BCUT2D eigenvalue weighted by Crippen LogP contribution is -2.36. The summed E-state index contributed by atoms with van der Waals surface area (Å²) in [5.41, 5.74) is 7.73. The lowest BCUT2D eigenvalue weighted by molar-refractivity contribution is 0.649. The Hall–Kier alpha value is -1.12. The van der Waals surface area contributed by atoms with Crippen LogP contribution in [0.1, 0.15) is 13.8 Å². The van der Waals surface area contributed by atoms with Crippen LogP contribution < -0.4 is 16.4 Å². The standard InChI is InChI=1S/C8H15N3/c1-5-4-6(2)11-8(10-3)7(5)9/h4,6,10-11H,9H2,1-3H3. The van der Waals surface area contributed by atoms with E-state index in [-0.39, 0.29) is 0 Å². The second-order valence-corrected chi connectivity index (χ2v) is 2.82. The number of nitrogens with one attached hydrogen (secondary N) is 2. The van der Waals surface area contributed by atoms with Gasteiger partial charge in [0.25, 0.3) is 0 Å². The minimum atomic E-state index is 0.366. The first-order valence-electron chi connectivity index (χ1n) is 3.78. The van der Waals surface area contributed by atoms with Crippen molar-refractivity contribution in [2.75, 3.05) is 7.05 Å². The zero-order valence-corrected chi connectivity index (χ0v) is 7.23. The van der Waals surface area contributed by atoms with Crippen molar-refractivity contribution in [2.24, 2.45) is 5.73 Å². The molecule has 0 amide bonds. The van der Waals surface area contributed by atoms with Crippen LogP contribution in [0.3, 0.4) is 0 Å². The van der Waals surface area contributed by atoms with Crippen LogP contribution in [0.15, 0.2) is 23.2 Å². The third kappa shape index (κ3) is 1.48. The van der Waals surface area contributed by atoms with Gasteiger partial charge in [0, 0.05) is 13.1 Å². The summed E-state index contributed by atoms with van der Waals surface area (Å²) in [5.74, 6) is 0.928. The van der Waals surface area contributed by atoms with E-state index < -0.39 is 0 Å². The fraction of sp³-hybridized carbons (Fsp3) is 0.500. The fourth-order valence-corrected chi connectivity index (χ4v) is 1.22. The molecule has 0 bridgehead atoms. The molecule has 0 saturated heterocycles. The number of hydrogen-bond donors (Lipinski definition) is 3. The molecule has 3 heteroatoms. The highest BCUT2D eigenvalue weighted by molar-refractivity contribution is 5.34. The van der Waals surface area contributed by atoms with Crippen molar-refractivity contribution >= 4 is 0 Å². The van der Waals surface area contributed by atoms with E-state index in [9.17, 15) is 0 Å². The van der Waals surface area contributed by atoms with Crippen molar-refractivity contribution in [1.82, 2.24) is 10.6 Å². The molecule has 62 valence electrons. The highest BCUT2D eigenvalue weighted by Gasteiger charge is 2.11. The van der Waals surface area contributed by atoms with E-state index in [0.29, 0.717) is 6.04 Å². The SMILES string of the molecule is CNC1=C(N)C(C)=CC(C)N1. The summed E-state index contributed by atoms with van der Waals surface area (Å²) in [6.07, 6.45) is 2.11. The van der Waals surface area contributed by atoms with Crippen LogP contribution in [0.25, 0.3) is 0 Å². The number of rotatable bonds is 1. The number of hydrogen-bond acceptors (Lipinski definition) is 3. The molecule has 0 radical (unpaired) electrons. The molecule has 1 atom stereocenters. The number of dihydropyridines is 1. The number of allylic oxidation sites excluding steroid dienone is 1. The molecule has 0 fully saturated rings. The summed E-state index contributed by atoms with van der Waals surface area (Å²) in [4.78, 5) is 0. The Morgan fingerprint density at radius 3 is 2.82 bits per heavy atom. The second-order valence-electron chi connectivity index (χ2n) is 2.82. The predicted octanol–water partition coefficient (Wildman–Crippen LogP) is 0.272. The third-order valence-electron chi connectivity index (χ3n) is 1.82. The van der Waals surface area contributed by atoms with Crippen LogP contribution in [0.5, 0.6) is 0 Å². The Balaban J connectivity index is 2.90. The van der Waals surface area contributed by atoms with Gasteiger partial charge in [0.05, 0.1) is 5.70 Å². The lowest BCUT2D eigenvalue weighted by atomic mass is 10.1. The first-order chi connectivity index (χ1) is 5.15. The Morgan fingerprint density at radius 2 is 2.27 bits per heavy atom.